The van der Waals surface area contributed by atoms with E-state index >= 15 is 0 Å². The molecule has 1 amide bonds. The van der Waals surface area contributed by atoms with Gasteiger partial charge in [-0.1, -0.05) is 28.1 Å². The maximum absolute atomic E-state index is 12.2. The first kappa shape index (κ1) is 13.6. The first-order valence-electron chi connectivity index (χ1n) is 6.22. The average molecular weight is 312 g/mol. The van der Waals surface area contributed by atoms with Gasteiger partial charge in [0, 0.05) is 18.1 Å². The third kappa shape index (κ3) is 2.75. The van der Waals surface area contributed by atoms with Crippen LogP contribution >= 0.6 is 15.9 Å². The Balaban J connectivity index is 2.20. The van der Waals surface area contributed by atoms with E-state index < -0.39 is 0 Å². The van der Waals surface area contributed by atoms with Crippen molar-refractivity contribution in [3.63, 3.8) is 0 Å². The molecule has 0 bridgehead atoms. The van der Waals surface area contributed by atoms with Gasteiger partial charge < -0.3 is 9.64 Å². The number of hydrogen-bond donors (Lipinski definition) is 0. The van der Waals surface area contributed by atoms with Crippen LogP contribution in [0.3, 0.4) is 0 Å². The molecular formula is C14H18BrNO2. The minimum absolute atomic E-state index is 0.0833. The van der Waals surface area contributed by atoms with E-state index in [-0.39, 0.29) is 18.1 Å². The van der Waals surface area contributed by atoms with Gasteiger partial charge in [-0.05, 0) is 37.5 Å². The van der Waals surface area contributed by atoms with E-state index in [1.807, 2.05) is 17.0 Å². The van der Waals surface area contributed by atoms with E-state index in [4.69, 9.17) is 4.74 Å². The van der Waals surface area contributed by atoms with Crippen molar-refractivity contribution >= 4 is 21.8 Å². The summed E-state index contributed by atoms with van der Waals surface area (Å²) in [6, 6.07) is 8.38. The summed E-state index contributed by atoms with van der Waals surface area (Å²) in [6.07, 6.45) is 1.72. The molecule has 1 aliphatic rings. The molecule has 0 aliphatic carbocycles. The van der Waals surface area contributed by atoms with Crippen LogP contribution in [-0.2, 0) is 9.53 Å². The molecule has 1 aromatic rings. The maximum atomic E-state index is 12.2. The van der Waals surface area contributed by atoms with Gasteiger partial charge in [-0.3, -0.25) is 4.79 Å². The third-order valence-electron chi connectivity index (χ3n) is 3.47. The van der Waals surface area contributed by atoms with E-state index in [0.29, 0.717) is 0 Å². The molecule has 2 rings (SSSR count). The van der Waals surface area contributed by atoms with Crippen molar-refractivity contribution in [3.8, 4) is 0 Å². The van der Waals surface area contributed by atoms with Crippen molar-refractivity contribution in [2.45, 2.75) is 31.9 Å². The molecule has 0 aromatic heterocycles. The van der Waals surface area contributed by atoms with Crippen LogP contribution in [0.2, 0.25) is 0 Å². The van der Waals surface area contributed by atoms with Crippen LogP contribution in [0, 0.1) is 0 Å². The lowest BCUT2D eigenvalue weighted by Gasteiger charge is -2.27. The average Bonchev–Trinajstić information content (AvgIpc) is 2.86. The summed E-state index contributed by atoms with van der Waals surface area (Å²) in [4.78, 5) is 14.2. The van der Waals surface area contributed by atoms with Crippen molar-refractivity contribution < 1.29 is 9.53 Å². The second kappa shape index (κ2) is 5.85. The molecule has 1 aliphatic heterocycles. The van der Waals surface area contributed by atoms with Crippen molar-refractivity contribution in [2.24, 2.45) is 0 Å². The Bertz CT molecular complexity index is 436. The molecule has 18 heavy (non-hydrogen) atoms. The Labute approximate surface area is 116 Å². The summed E-state index contributed by atoms with van der Waals surface area (Å²) in [6.45, 7) is 2.63. The molecule has 98 valence electrons. The highest BCUT2D eigenvalue weighted by molar-refractivity contribution is 9.10. The zero-order valence-corrected chi connectivity index (χ0v) is 12.3. The predicted octanol–water partition coefficient (Wildman–Crippen LogP) is 3.15. The summed E-state index contributed by atoms with van der Waals surface area (Å²) in [5.41, 5.74) is 1.19. The highest BCUT2D eigenvalue weighted by atomic mass is 79.9. The summed E-state index contributed by atoms with van der Waals surface area (Å²) >= 11 is 3.48. The number of hydrogen-bond acceptors (Lipinski definition) is 2. The van der Waals surface area contributed by atoms with Crippen molar-refractivity contribution in [2.75, 3.05) is 13.7 Å². The predicted molar refractivity (Wildman–Crippen MR) is 74.3 cm³/mol. The fraction of sp³-hybridized carbons (Fsp3) is 0.500. The quantitative estimate of drug-likeness (QED) is 0.858. The lowest BCUT2D eigenvalue weighted by Crippen LogP contribution is -2.38. The van der Waals surface area contributed by atoms with Crippen LogP contribution in [0.25, 0.3) is 0 Å². The van der Waals surface area contributed by atoms with E-state index in [0.717, 1.165) is 23.9 Å². The standard InChI is InChI=1S/C14H18BrNO2/c1-10(18-2)14(17)16-8-4-7-13(16)11-5-3-6-12(15)9-11/h3,5-6,9-10,13H,4,7-8H2,1-2H3. The van der Waals surface area contributed by atoms with Crippen LogP contribution in [0.4, 0.5) is 0 Å². The number of carbonyl (C=O) groups is 1. The fourth-order valence-electron chi connectivity index (χ4n) is 2.43. The number of ether oxygens (including phenoxy) is 1. The number of rotatable bonds is 3. The van der Waals surface area contributed by atoms with Crippen LogP contribution in [0.5, 0.6) is 0 Å². The van der Waals surface area contributed by atoms with Crippen molar-refractivity contribution in [3.05, 3.63) is 34.3 Å². The second-order valence-corrected chi connectivity index (χ2v) is 5.54. The molecule has 0 spiro atoms. The lowest BCUT2D eigenvalue weighted by atomic mass is 10.0. The number of carbonyl (C=O) groups excluding carboxylic acids is 1. The Morgan fingerprint density at radius 1 is 1.56 bits per heavy atom. The number of methoxy groups -OCH3 is 1. The normalized spacial score (nSPS) is 21.1. The van der Waals surface area contributed by atoms with E-state index in [2.05, 4.69) is 28.1 Å². The van der Waals surface area contributed by atoms with Crippen LogP contribution in [-0.4, -0.2) is 30.6 Å². The second-order valence-electron chi connectivity index (χ2n) is 4.62. The maximum Gasteiger partial charge on any atom is 0.251 e. The molecule has 1 saturated heterocycles. The molecular weight excluding hydrogens is 294 g/mol. The summed E-state index contributed by atoms with van der Waals surface area (Å²) in [7, 11) is 1.58. The van der Waals surface area contributed by atoms with Gasteiger partial charge in [-0.2, -0.15) is 0 Å². The first-order valence-corrected chi connectivity index (χ1v) is 7.01. The molecule has 2 atom stereocenters. The minimum atomic E-state index is -0.363. The van der Waals surface area contributed by atoms with Crippen molar-refractivity contribution in [1.82, 2.24) is 4.90 Å². The monoisotopic (exact) mass is 311 g/mol. The van der Waals surface area contributed by atoms with Gasteiger partial charge in [-0.25, -0.2) is 0 Å². The molecule has 1 aromatic carbocycles. The van der Waals surface area contributed by atoms with E-state index in [9.17, 15) is 4.79 Å². The zero-order chi connectivity index (χ0) is 13.1. The minimum Gasteiger partial charge on any atom is -0.372 e. The van der Waals surface area contributed by atoms with Gasteiger partial charge >= 0.3 is 0 Å². The van der Waals surface area contributed by atoms with Crippen molar-refractivity contribution in [1.29, 1.82) is 0 Å². The van der Waals surface area contributed by atoms with Gasteiger partial charge in [0.1, 0.15) is 6.10 Å². The largest absolute Gasteiger partial charge is 0.372 e. The molecule has 2 unspecified atom stereocenters. The molecule has 0 N–H and O–H groups in total. The van der Waals surface area contributed by atoms with Gasteiger partial charge in [0.2, 0.25) is 0 Å². The Hall–Kier alpha value is -0.870. The van der Waals surface area contributed by atoms with Gasteiger partial charge in [0.25, 0.3) is 5.91 Å². The Kier molecular flexibility index (Phi) is 4.40. The zero-order valence-electron chi connectivity index (χ0n) is 10.7. The highest BCUT2D eigenvalue weighted by Gasteiger charge is 2.32. The first-order chi connectivity index (χ1) is 8.63. The lowest BCUT2D eigenvalue weighted by molar-refractivity contribution is -0.141. The molecule has 1 fully saturated rings. The number of halogens is 1. The molecule has 3 nitrogen and oxygen atoms in total. The molecule has 4 heteroatoms. The number of nitrogens with zero attached hydrogens (tertiary/aromatic N) is 1. The van der Waals surface area contributed by atoms with Gasteiger partial charge in [-0.15, -0.1) is 0 Å². The molecule has 0 radical (unpaired) electrons. The SMILES string of the molecule is COC(C)C(=O)N1CCCC1c1cccc(Br)c1. The van der Waals surface area contributed by atoms with E-state index in [1.54, 1.807) is 14.0 Å². The van der Waals surface area contributed by atoms with E-state index in [1.165, 1.54) is 5.56 Å². The smallest absolute Gasteiger partial charge is 0.251 e. The highest BCUT2D eigenvalue weighted by Crippen LogP contribution is 2.33. The summed E-state index contributed by atoms with van der Waals surface area (Å²) in [5, 5.41) is 0. The third-order valence-corrected chi connectivity index (χ3v) is 3.96. The van der Waals surface area contributed by atoms with Gasteiger partial charge in [0.05, 0.1) is 6.04 Å². The molecule has 1 heterocycles. The van der Waals surface area contributed by atoms with Crippen LogP contribution < -0.4 is 0 Å². The summed E-state index contributed by atoms with van der Waals surface area (Å²) < 4.78 is 6.19. The number of amides is 1. The molecule has 0 saturated carbocycles. The van der Waals surface area contributed by atoms with Crippen LogP contribution in [0.1, 0.15) is 31.4 Å². The van der Waals surface area contributed by atoms with Crippen LogP contribution in [0.15, 0.2) is 28.7 Å². The topological polar surface area (TPSA) is 29.5 Å². The fourth-order valence-corrected chi connectivity index (χ4v) is 2.84. The number of likely N-dealkylation sites (tertiary alicyclic amines) is 1. The summed E-state index contributed by atoms with van der Waals surface area (Å²) in [5.74, 6) is 0.0833. The Morgan fingerprint density at radius 2 is 2.33 bits per heavy atom. The Morgan fingerprint density at radius 3 is 3.00 bits per heavy atom. The number of benzene rings is 1. The van der Waals surface area contributed by atoms with Gasteiger partial charge in [0.15, 0.2) is 0 Å².